The van der Waals surface area contributed by atoms with E-state index >= 15 is 0 Å². The van der Waals surface area contributed by atoms with Crippen LogP contribution in [0.4, 0.5) is 0 Å². The number of carbonyl (C=O) groups is 1. The van der Waals surface area contributed by atoms with E-state index < -0.39 is 10.9 Å². The zero-order valence-electron chi connectivity index (χ0n) is 11.0. The van der Waals surface area contributed by atoms with Gasteiger partial charge in [0.25, 0.3) is 5.91 Å². The number of hydrazone groups is 1. The minimum Gasteiger partial charge on any atom is -0.337 e. The van der Waals surface area contributed by atoms with Crippen molar-refractivity contribution in [3.8, 4) is 0 Å². The number of nitrogens with zero attached hydrogens (tertiary/aromatic N) is 2. The second kappa shape index (κ2) is 7.04. The van der Waals surface area contributed by atoms with E-state index in [1.54, 1.807) is 29.2 Å². The summed E-state index contributed by atoms with van der Waals surface area (Å²) >= 11 is 0. The molecule has 1 aliphatic heterocycles. The molecule has 6 nitrogen and oxygen atoms in total. The molecule has 0 radical (unpaired) electrons. The number of amides is 1. The molecule has 108 valence electrons. The predicted molar refractivity (Wildman–Crippen MR) is 76.9 cm³/mol. The maximum absolute atomic E-state index is 12.5. The fourth-order valence-corrected chi connectivity index (χ4v) is 2.35. The normalized spacial score (nSPS) is 16.2. The SMILES string of the molecule is O=C(/C(=N\N[SH](=O)=O)c1ccccc1)N1CCCCC1. The van der Waals surface area contributed by atoms with Gasteiger partial charge in [-0.1, -0.05) is 30.3 Å². The molecule has 0 unspecified atom stereocenters. The number of piperidine rings is 1. The maximum atomic E-state index is 12.5. The molecule has 2 rings (SSSR count). The molecule has 1 aromatic rings. The lowest BCUT2D eigenvalue weighted by Gasteiger charge is -2.27. The van der Waals surface area contributed by atoms with Crippen molar-refractivity contribution in [3.63, 3.8) is 0 Å². The van der Waals surface area contributed by atoms with E-state index in [1.807, 2.05) is 10.9 Å². The van der Waals surface area contributed by atoms with Crippen molar-refractivity contribution < 1.29 is 13.2 Å². The monoisotopic (exact) mass is 295 g/mol. The van der Waals surface area contributed by atoms with Gasteiger partial charge in [0, 0.05) is 18.7 Å². The van der Waals surface area contributed by atoms with E-state index in [0.29, 0.717) is 18.7 Å². The Hall–Kier alpha value is -1.89. The number of thiol groups is 1. The summed E-state index contributed by atoms with van der Waals surface area (Å²) in [5.41, 5.74) is 0.735. The maximum Gasteiger partial charge on any atom is 0.274 e. The van der Waals surface area contributed by atoms with Crippen LogP contribution in [-0.2, 0) is 15.7 Å². The summed E-state index contributed by atoms with van der Waals surface area (Å²) in [7, 11) is -2.87. The van der Waals surface area contributed by atoms with Gasteiger partial charge in [0.2, 0.25) is 10.9 Å². The third kappa shape index (κ3) is 3.80. The number of nitrogens with one attached hydrogen (secondary N) is 1. The molecule has 0 bridgehead atoms. The summed E-state index contributed by atoms with van der Waals surface area (Å²) in [6, 6.07) is 8.87. The molecule has 0 aliphatic carbocycles. The number of hydrogen-bond donors (Lipinski definition) is 2. The Labute approximate surface area is 119 Å². The molecule has 0 aromatic heterocycles. The van der Waals surface area contributed by atoms with E-state index in [0.717, 1.165) is 19.3 Å². The van der Waals surface area contributed by atoms with E-state index in [9.17, 15) is 13.2 Å². The predicted octanol–water partition coefficient (Wildman–Crippen LogP) is 0.519. The largest absolute Gasteiger partial charge is 0.337 e. The van der Waals surface area contributed by atoms with Crippen molar-refractivity contribution in [2.45, 2.75) is 19.3 Å². The molecule has 1 saturated heterocycles. The van der Waals surface area contributed by atoms with Gasteiger partial charge < -0.3 is 4.90 Å². The quantitative estimate of drug-likeness (QED) is 0.483. The Bertz CT molecular complexity index is 555. The first-order chi connectivity index (χ1) is 9.68. The molecule has 1 fully saturated rings. The lowest BCUT2D eigenvalue weighted by Crippen LogP contribution is -2.41. The zero-order chi connectivity index (χ0) is 14.4. The van der Waals surface area contributed by atoms with E-state index in [2.05, 4.69) is 5.10 Å². The lowest BCUT2D eigenvalue weighted by molar-refractivity contribution is -0.124. The van der Waals surface area contributed by atoms with Crippen LogP contribution in [0, 0.1) is 0 Å². The third-order valence-corrected chi connectivity index (χ3v) is 3.40. The van der Waals surface area contributed by atoms with Crippen LogP contribution in [0.2, 0.25) is 0 Å². The summed E-state index contributed by atoms with van der Waals surface area (Å²) in [5.74, 6) is -0.236. The highest BCUT2D eigenvalue weighted by molar-refractivity contribution is 7.70. The topological polar surface area (TPSA) is 78.8 Å². The first kappa shape index (κ1) is 14.5. The Morgan fingerprint density at radius 2 is 1.75 bits per heavy atom. The smallest absolute Gasteiger partial charge is 0.274 e. The minimum atomic E-state index is -2.87. The highest BCUT2D eigenvalue weighted by Crippen LogP contribution is 2.12. The summed E-state index contributed by atoms with van der Waals surface area (Å²) in [5, 5.41) is 3.75. The first-order valence-electron chi connectivity index (χ1n) is 6.51. The molecular weight excluding hydrogens is 278 g/mol. The van der Waals surface area contributed by atoms with Crippen molar-refractivity contribution >= 4 is 22.5 Å². The number of likely N-dealkylation sites (tertiary alicyclic amines) is 1. The number of benzene rings is 1. The Morgan fingerprint density at radius 3 is 2.35 bits per heavy atom. The average molecular weight is 295 g/mol. The van der Waals surface area contributed by atoms with Gasteiger partial charge in [0.15, 0.2) is 5.71 Å². The number of hydrogen-bond acceptors (Lipinski definition) is 4. The lowest BCUT2D eigenvalue weighted by atomic mass is 10.1. The Balaban J connectivity index is 2.26. The van der Waals surface area contributed by atoms with Gasteiger partial charge in [-0.25, -0.2) is 13.2 Å². The standard InChI is InChI=1S/C13H17N3O3S/c17-13(16-9-5-2-6-10-16)12(14-15-20(18)19)11-7-3-1-4-8-11/h1,3-4,7-8,20H,2,5-6,9-10H2,(H,15,18,19)/b14-12-. The molecule has 1 amide bonds. The van der Waals surface area contributed by atoms with Gasteiger partial charge in [-0.2, -0.15) is 5.10 Å². The molecule has 0 spiro atoms. The first-order valence-corrected chi connectivity index (χ1v) is 7.68. The van der Waals surface area contributed by atoms with Crippen LogP contribution in [0.5, 0.6) is 0 Å². The minimum absolute atomic E-state index is 0.131. The Morgan fingerprint density at radius 1 is 1.10 bits per heavy atom. The van der Waals surface area contributed by atoms with Gasteiger partial charge in [-0.05, 0) is 19.3 Å². The highest BCUT2D eigenvalue weighted by atomic mass is 32.2. The summed E-state index contributed by atoms with van der Waals surface area (Å²) in [4.78, 5) is 16.1. The van der Waals surface area contributed by atoms with E-state index in [1.165, 1.54) is 0 Å². The van der Waals surface area contributed by atoms with Crippen LogP contribution in [0.1, 0.15) is 24.8 Å². The molecule has 1 N–H and O–H groups in total. The molecule has 20 heavy (non-hydrogen) atoms. The summed E-state index contributed by atoms with van der Waals surface area (Å²) in [6.07, 6.45) is 3.06. The molecule has 7 heteroatoms. The van der Waals surface area contributed by atoms with Crippen LogP contribution < -0.4 is 4.83 Å². The Kier molecular flexibility index (Phi) is 5.11. The van der Waals surface area contributed by atoms with Crippen molar-refractivity contribution in [2.24, 2.45) is 5.10 Å². The number of rotatable bonds is 4. The zero-order valence-corrected chi connectivity index (χ0v) is 11.9. The van der Waals surface area contributed by atoms with Gasteiger partial charge in [0.1, 0.15) is 0 Å². The van der Waals surface area contributed by atoms with E-state index in [4.69, 9.17) is 0 Å². The fraction of sp³-hybridized carbons (Fsp3) is 0.385. The molecule has 1 heterocycles. The second-order valence-corrected chi connectivity index (χ2v) is 5.25. The van der Waals surface area contributed by atoms with Crippen LogP contribution >= 0.6 is 0 Å². The van der Waals surface area contributed by atoms with Crippen molar-refractivity contribution in [1.82, 2.24) is 9.73 Å². The van der Waals surface area contributed by atoms with Crippen LogP contribution in [0.15, 0.2) is 35.4 Å². The fourth-order valence-electron chi connectivity index (χ4n) is 2.17. The van der Waals surface area contributed by atoms with Crippen molar-refractivity contribution in [1.29, 1.82) is 0 Å². The summed E-state index contributed by atoms with van der Waals surface area (Å²) < 4.78 is 21.3. The molecule has 1 aliphatic rings. The summed E-state index contributed by atoms with van der Waals surface area (Å²) in [6.45, 7) is 1.38. The van der Waals surface area contributed by atoms with E-state index in [-0.39, 0.29) is 11.6 Å². The second-order valence-electron chi connectivity index (χ2n) is 4.54. The molecule has 0 saturated carbocycles. The van der Waals surface area contributed by atoms with Crippen LogP contribution in [-0.4, -0.2) is 38.0 Å². The average Bonchev–Trinajstić information content (AvgIpc) is 2.49. The number of carbonyl (C=O) groups excluding carboxylic acids is 1. The van der Waals surface area contributed by atoms with Gasteiger partial charge in [-0.3, -0.25) is 4.79 Å². The molecule has 0 atom stereocenters. The molecular formula is C13H17N3O3S. The van der Waals surface area contributed by atoms with Crippen LogP contribution in [0.3, 0.4) is 0 Å². The van der Waals surface area contributed by atoms with Crippen molar-refractivity contribution in [2.75, 3.05) is 13.1 Å². The highest BCUT2D eigenvalue weighted by Gasteiger charge is 2.23. The van der Waals surface area contributed by atoms with Gasteiger partial charge >= 0.3 is 0 Å². The van der Waals surface area contributed by atoms with Crippen molar-refractivity contribution in [3.05, 3.63) is 35.9 Å². The van der Waals surface area contributed by atoms with Crippen LogP contribution in [0.25, 0.3) is 0 Å². The van der Waals surface area contributed by atoms with Gasteiger partial charge in [-0.15, -0.1) is 0 Å². The molecule has 1 aromatic carbocycles. The third-order valence-electron chi connectivity index (χ3n) is 3.14. The van der Waals surface area contributed by atoms with Gasteiger partial charge in [0.05, 0.1) is 0 Å².